The molecular weight excluding hydrogens is 348 g/mol. The Morgan fingerprint density at radius 1 is 1.12 bits per heavy atom. The van der Waals surface area contributed by atoms with Gasteiger partial charge in [-0.1, -0.05) is 61.8 Å². The fourth-order valence-corrected chi connectivity index (χ4v) is 3.93. The standard InChI is InChI=1S/C17H17ClN2O3S/c1-17(2,3)14-10-15(19-23-14)20-24(21,22)13-9-5-7-11-6-4-8-12(18)16(11)13/h4-10H,1-3H3,(H,19,20). The van der Waals surface area contributed by atoms with Crippen LogP contribution in [-0.2, 0) is 15.4 Å². The van der Waals surface area contributed by atoms with E-state index in [9.17, 15) is 8.42 Å². The van der Waals surface area contributed by atoms with Crippen molar-refractivity contribution in [1.82, 2.24) is 5.16 Å². The number of halogens is 1. The minimum absolute atomic E-state index is 0.103. The Morgan fingerprint density at radius 3 is 2.42 bits per heavy atom. The summed E-state index contributed by atoms with van der Waals surface area (Å²) in [5, 5.41) is 5.41. The van der Waals surface area contributed by atoms with E-state index in [0.717, 1.165) is 5.39 Å². The molecule has 3 aromatic rings. The molecule has 5 nitrogen and oxygen atoms in total. The molecule has 0 aliphatic carbocycles. The highest BCUT2D eigenvalue weighted by molar-refractivity contribution is 7.93. The summed E-state index contributed by atoms with van der Waals surface area (Å²) in [7, 11) is -3.85. The summed E-state index contributed by atoms with van der Waals surface area (Å²) in [6.07, 6.45) is 0. The Labute approximate surface area is 145 Å². The van der Waals surface area contributed by atoms with Gasteiger partial charge in [0.1, 0.15) is 5.76 Å². The van der Waals surface area contributed by atoms with Gasteiger partial charge in [0.05, 0.1) is 4.90 Å². The van der Waals surface area contributed by atoms with Crippen molar-refractivity contribution in [3.8, 4) is 0 Å². The lowest BCUT2D eigenvalue weighted by atomic mass is 9.93. The summed E-state index contributed by atoms with van der Waals surface area (Å²) in [6, 6.07) is 11.8. The van der Waals surface area contributed by atoms with E-state index in [1.165, 1.54) is 6.07 Å². The van der Waals surface area contributed by atoms with Gasteiger partial charge in [0, 0.05) is 21.9 Å². The van der Waals surface area contributed by atoms with Crippen molar-refractivity contribution >= 4 is 38.2 Å². The largest absolute Gasteiger partial charge is 0.359 e. The molecule has 0 amide bonds. The fraction of sp³-hybridized carbons (Fsp3) is 0.235. The molecule has 1 N–H and O–H groups in total. The van der Waals surface area contributed by atoms with Gasteiger partial charge in [-0.15, -0.1) is 0 Å². The van der Waals surface area contributed by atoms with Gasteiger partial charge in [-0.2, -0.15) is 0 Å². The Bertz CT molecular complexity index is 999. The Balaban J connectivity index is 2.05. The zero-order valence-corrected chi connectivity index (χ0v) is 15.1. The number of anilines is 1. The summed E-state index contributed by atoms with van der Waals surface area (Å²) in [5.41, 5.74) is -0.264. The number of aromatic nitrogens is 1. The molecule has 126 valence electrons. The van der Waals surface area contributed by atoms with Crippen LogP contribution < -0.4 is 4.72 Å². The third-order valence-electron chi connectivity index (χ3n) is 3.59. The number of nitrogens with one attached hydrogen (secondary N) is 1. The molecular formula is C17H17ClN2O3S. The number of hydrogen-bond acceptors (Lipinski definition) is 4. The minimum Gasteiger partial charge on any atom is -0.359 e. The average Bonchev–Trinajstić information content (AvgIpc) is 2.95. The van der Waals surface area contributed by atoms with E-state index < -0.39 is 10.0 Å². The zero-order valence-electron chi connectivity index (χ0n) is 13.5. The molecule has 0 bridgehead atoms. The van der Waals surface area contributed by atoms with Gasteiger partial charge in [-0.3, -0.25) is 4.72 Å². The van der Waals surface area contributed by atoms with E-state index in [2.05, 4.69) is 9.88 Å². The molecule has 0 atom stereocenters. The topological polar surface area (TPSA) is 72.2 Å². The van der Waals surface area contributed by atoms with E-state index >= 15 is 0 Å². The van der Waals surface area contributed by atoms with Crippen molar-refractivity contribution in [3.05, 3.63) is 53.2 Å². The van der Waals surface area contributed by atoms with Gasteiger partial charge in [-0.05, 0) is 17.5 Å². The Hall–Kier alpha value is -2.05. The van der Waals surface area contributed by atoms with Crippen molar-refractivity contribution < 1.29 is 12.9 Å². The number of sulfonamides is 1. The number of fused-ring (bicyclic) bond motifs is 1. The number of benzene rings is 2. The monoisotopic (exact) mass is 364 g/mol. The van der Waals surface area contributed by atoms with Gasteiger partial charge in [0.2, 0.25) is 0 Å². The maximum atomic E-state index is 12.8. The van der Waals surface area contributed by atoms with Crippen molar-refractivity contribution in [2.24, 2.45) is 0 Å². The molecule has 0 spiro atoms. The third kappa shape index (κ3) is 3.12. The first-order valence-corrected chi connectivity index (χ1v) is 9.22. The van der Waals surface area contributed by atoms with Crippen molar-refractivity contribution in [2.75, 3.05) is 4.72 Å². The first kappa shape index (κ1) is 16.8. The van der Waals surface area contributed by atoms with Crippen molar-refractivity contribution in [3.63, 3.8) is 0 Å². The number of nitrogens with zero attached hydrogens (tertiary/aromatic N) is 1. The van der Waals surface area contributed by atoms with Crippen LogP contribution >= 0.6 is 11.6 Å². The first-order valence-electron chi connectivity index (χ1n) is 7.36. The molecule has 0 saturated heterocycles. The molecule has 0 saturated carbocycles. The predicted molar refractivity (Wildman–Crippen MR) is 95.0 cm³/mol. The molecule has 0 aliphatic heterocycles. The Kier molecular flexibility index (Phi) is 4.05. The van der Waals surface area contributed by atoms with Gasteiger partial charge >= 0.3 is 0 Å². The number of hydrogen-bond donors (Lipinski definition) is 1. The average molecular weight is 365 g/mol. The number of rotatable bonds is 3. The lowest BCUT2D eigenvalue weighted by Gasteiger charge is -2.12. The van der Waals surface area contributed by atoms with E-state index in [-0.39, 0.29) is 16.1 Å². The highest BCUT2D eigenvalue weighted by Crippen LogP contribution is 2.31. The van der Waals surface area contributed by atoms with E-state index in [1.807, 2.05) is 32.9 Å². The quantitative estimate of drug-likeness (QED) is 0.738. The van der Waals surface area contributed by atoms with E-state index in [0.29, 0.717) is 16.2 Å². The second-order valence-electron chi connectivity index (χ2n) is 6.53. The predicted octanol–water partition coefficient (Wildman–Crippen LogP) is 4.58. The molecule has 0 radical (unpaired) electrons. The highest BCUT2D eigenvalue weighted by Gasteiger charge is 2.24. The molecule has 7 heteroatoms. The summed E-state index contributed by atoms with van der Waals surface area (Å²) in [5.74, 6) is 0.736. The Morgan fingerprint density at radius 2 is 1.79 bits per heavy atom. The zero-order chi connectivity index (χ0) is 17.5. The van der Waals surface area contributed by atoms with Crippen LogP contribution in [0.3, 0.4) is 0 Å². The minimum atomic E-state index is -3.85. The van der Waals surface area contributed by atoms with Gasteiger partial charge in [0.15, 0.2) is 5.82 Å². The van der Waals surface area contributed by atoms with Crippen molar-refractivity contribution in [2.45, 2.75) is 31.1 Å². The van der Waals surface area contributed by atoms with Crippen LogP contribution in [0.15, 0.2) is 51.9 Å². The van der Waals surface area contributed by atoms with Crippen molar-refractivity contribution in [1.29, 1.82) is 0 Å². The van der Waals surface area contributed by atoms with Gasteiger partial charge < -0.3 is 4.52 Å². The molecule has 1 heterocycles. The molecule has 3 rings (SSSR count). The maximum Gasteiger partial charge on any atom is 0.263 e. The first-order chi connectivity index (χ1) is 11.2. The second kappa shape index (κ2) is 5.79. The van der Waals surface area contributed by atoms with E-state index in [1.54, 1.807) is 24.3 Å². The molecule has 2 aromatic carbocycles. The summed E-state index contributed by atoms with van der Waals surface area (Å²) in [4.78, 5) is 0.103. The van der Waals surface area contributed by atoms with Crippen LogP contribution in [0, 0.1) is 0 Å². The normalized spacial score (nSPS) is 12.5. The molecule has 1 aromatic heterocycles. The SMILES string of the molecule is CC(C)(C)c1cc(NS(=O)(=O)c2cccc3cccc(Cl)c23)no1. The molecule has 0 fully saturated rings. The molecule has 0 unspecified atom stereocenters. The molecule has 24 heavy (non-hydrogen) atoms. The summed E-state index contributed by atoms with van der Waals surface area (Å²) >= 11 is 6.21. The van der Waals surface area contributed by atoms with E-state index in [4.69, 9.17) is 16.1 Å². The fourth-order valence-electron chi connectivity index (χ4n) is 2.36. The van der Waals surface area contributed by atoms with Gasteiger partial charge in [-0.25, -0.2) is 8.42 Å². The smallest absolute Gasteiger partial charge is 0.263 e. The maximum absolute atomic E-state index is 12.8. The molecule has 0 aliphatic rings. The van der Waals surface area contributed by atoms with Gasteiger partial charge in [0.25, 0.3) is 10.0 Å². The van der Waals surface area contributed by atoms with Crippen LogP contribution in [0.5, 0.6) is 0 Å². The van der Waals surface area contributed by atoms with Crippen LogP contribution in [0.2, 0.25) is 5.02 Å². The highest BCUT2D eigenvalue weighted by atomic mass is 35.5. The lowest BCUT2D eigenvalue weighted by Crippen LogP contribution is -2.14. The lowest BCUT2D eigenvalue weighted by molar-refractivity contribution is 0.331. The van der Waals surface area contributed by atoms with Crippen LogP contribution in [0.25, 0.3) is 10.8 Å². The summed E-state index contributed by atoms with van der Waals surface area (Å²) in [6.45, 7) is 5.86. The third-order valence-corrected chi connectivity index (χ3v) is 5.31. The second-order valence-corrected chi connectivity index (χ2v) is 8.58. The van der Waals surface area contributed by atoms with Crippen LogP contribution in [-0.4, -0.2) is 13.6 Å². The summed E-state index contributed by atoms with van der Waals surface area (Å²) < 4.78 is 33.2. The van der Waals surface area contributed by atoms with Crippen LogP contribution in [0.1, 0.15) is 26.5 Å². The van der Waals surface area contributed by atoms with Crippen LogP contribution in [0.4, 0.5) is 5.82 Å².